The number of hydrogen-bond donors (Lipinski definition) is 1. The Hall–Kier alpha value is -2.22. The third-order valence-electron chi connectivity index (χ3n) is 2.87. The maximum Gasteiger partial charge on any atom is 0.256 e. The van der Waals surface area contributed by atoms with Crippen molar-refractivity contribution in [2.75, 3.05) is 25.9 Å². The minimum atomic E-state index is -0.212. The summed E-state index contributed by atoms with van der Waals surface area (Å²) in [6.45, 7) is 4.58. The second kappa shape index (κ2) is 6.64. The lowest BCUT2D eigenvalue weighted by atomic mass is 10.1. The minimum Gasteiger partial charge on any atom is -0.497 e. The van der Waals surface area contributed by atoms with Crippen LogP contribution in [0.15, 0.2) is 18.2 Å². The fourth-order valence-corrected chi connectivity index (χ4v) is 1.74. The predicted octanol–water partition coefficient (Wildman–Crippen LogP) is 1.90. The monoisotopic (exact) mass is 261 g/mol. The Balaban J connectivity index is 3.00. The van der Waals surface area contributed by atoms with Gasteiger partial charge in [0.15, 0.2) is 0 Å². The number of hydrogen-bond acceptors (Lipinski definition) is 4. The van der Waals surface area contributed by atoms with E-state index in [0.717, 1.165) is 0 Å². The van der Waals surface area contributed by atoms with Gasteiger partial charge in [-0.2, -0.15) is 5.26 Å². The zero-order valence-electron chi connectivity index (χ0n) is 11.5. The molecule has 0 aliphatic carbocycles. The van der Waals surface area contributed by atoms with Crippen molar-refractivity contribution >= 4 is 11.6 Å². The van der Waals surface area contributed by atoms with Gasteiger partial charge >= 0.3 is 0 Å². The Morgan fingerprint density at radius 2 is 2.26 bits per heavy atom. The molecule has 0 aliphatic heterocycles. The molecule has 2 N–H and O–H groups in total. The Kier molecular flexibility index (Phi) is 5.19. The van der Waals surface area contributed by atoms with E-state index in [2.05, 4.69) is 6.07 Å². The van der Waals surface area contributed by atoms with E-state index in [1.807, 2.05) is 6.92 Å². The summed E-state index contributed by atoms with van der Waals surface area (Å²) in [6.07, 6.45) is 0. The summed E-state index contributed by atoms with van der Waals surface area (Å²) in [6, 6.07) is 7.10. The van der Waals surface area contributed by atoms with Crippen LogP contribution in [0.4, 0.5) is 5.69 Å². The molecule has 0 bridgehead atoms. The van der Waals surface area contributed by atoms with E-state index in [9.17, 15) is 4.79 Å². The largest absolute Gasteiger partial charge is 0.497 e. The van der Waals surface area contributed by atoms with Crippen molar-refractivity contribution in [3.63, 3.8) is 0 Å². The van der Waals surface area contributed by atoms with Crippen molar-refractivity contribution in [2.45, 2.75) is 13.8 Å². The number of benzene rings is 1. The van der Waals surface area contributed by atoms with Crippen molar-refractivity contribution in [1.29, 1.82) is 5.26 Å². The topological polar surface area (TPSA) is 79.3 Å². The highest BCUT2D eigenvalue weighted by atomic mass is 16.5. The Morgan fingerprint density at radius 3 is 2.79 bits per heavy atom. The first-order chi connectivity index (χ1) is 9.03. The number of nitrogens with two attached hydrogens (primary N) is 1. The van der Waals surface area contributed by atoms with Crippen molar-refractivity contribution < 1.29 is 9.53 Å². The van der Waals surface area contributed by atoms with Crippen molar-refractivity contribution in [3.05, 3.63) is 23.8 Å². The number of methoxy groups -OCH3 is 1. The van der Waals surface area contributed by atoms with Crippen molar-refractivity contribution in [3.8, 4) is 11.8 Å². The van der Waals surface area contributed by atoms with E-state index in [0.29, 0.717) is 30.1 Å². The molecule has 0 aromatic heterocycles. The van der Waals surface area contributed by atoms with E-state index in [-0.39, 0.29) is 11.8 Å². The molecule has 1 amide bonds. The lowest BCUT2D eigenvalue weighted by Crippen LogP contribution is -2.34. The molecular weight excluding hydrogens is 242 g/mol. The number of anilines is 1. The summed E-state index contributed by atoms with van der Waals surface area (Å²) >= 11 is 0. The molecule has 0 aliphatic rings. The second-order valence-corrected chi connectivity index (χ2v) is 4.33. The molecule has 5 heteroatoms. The number of ether oxygens (including phenoxy) is 1. The molecule has 1 aromatic rings. The summed E-state index contributed by atoms with van der Waals surface area (Å²) in [5.41, 5.74) is 6.65. The molecule has 0 saturated heterocycles. The fraction of sp³-hybridized carbons (Fsp3) is 0.429. The quantitative estimate of drug-likeness (QED) is 0.821. The average molecular weight is 261 g/mol. The van der Waals surface area contributed by atoms with Crippen LogP contribution < -0.4 is 10.5 Å². The Morgan fingerprint density at radius 1 is 1.58 bits per heavy atom. The molecule has 1 unspecified atom stereocenters. The van der Waals surface area contributed by atoms with Crippen LogP contribution in [0.1, 0.15) is 24.2 Å². The molecule has 102 valence electrons. The SMILES string of the molecule is CCN(CC(C)C#N)C(=O)c1cc(OC)ccc1N. The number of carbonyl (C=O) groups is 1. The zero-order valence-corrected chi connectivity index (χ0v) is 11.5. The molecule has 1 atom stereocenters. The minimum absolute atomic E-state index is 0.180. The molecule has 5 nitrogen and oxygen atoms in total. The van der Waals surface area contributed by atoms with Gasteiger partial charge in [0.05, 0.1) is 24.7 Å². The third kappa shape index (κ3) is 3.62. The van der Waals surface area contributed by atoms with Gasteiger partial charge in [-0.3, -0.25) is 4.79 Å². The third-order valence-corrected chi connectivity index (χ3v) is 2.87. The number of amides is 1. The van der Waals surface area contributed by atoms with Crippen LogP contribution in [0.25, 0.3) is 0 Å². The van der Waals surface area contributed by atoms with E-state index in [4.69, 9.17) is 15.7 Å². The molecule has 0 spiro atoms. The van der Waals surface area contributed by atoms with Gasteiger partial charge in [-0.25, -0.2) is 0 Å². The molecule has 0 heterocycles. The summed E-state index contributed by atoms with van der Waals surface area (Å²) in [5.74, 6) is 0.193. The highest BCUT2D eigenvalue weighted by molar-refractivity contribution is 5.99. The first kappa shape index (κ1) is 14.8. The first-order valence-corrected chi connectivity index (χ1v) is 6.15. The Bertz CT molecular complexity index is 494. The number of carbonyl (C=O) groups excluding carboxylic acids is 1. The smallest absolute Gasteiger partial charge is 0.256 e. The van der Waals surface area contributed by atoms with Crippen LogP contribution in [0.5, 0.6) is 5.75 Å². The van der Waals surface area contributed by atoms with Crippen molar-refractivity contribution in [1.82, 2.24) is 4.90 Å². The molecule has 1 rings (SSSR count). The maximum absolute atomic E-state index is 12.4. The lowest BCUT2D eigenvalue weighted by molar-refractivity contribution is 0.0753. The first-order valence-electron chi connectivity index (χ1n) is 6.15. The number of rotatable bonds is 5. The zero-order chi connectivity index (χ0) is 14.4. The van der Waals surface area contributed by atoms with Gasteiger partial charge in [0.2, 0.25) is 0 Å². The number of nitriles is 1. The second-order valence-electron chi connectivity index (χ2n) is 4.33. The molecule has 0 radical (unpaired) electrons. The van der Waals surface area contributed by atoms with E-state index in [1.165, 1.54) is 7.11 Å². The number of nitrogens with zero attached hydrogens (tertiary/aromatic N) is 2. The van der Waals surface area contributed by atoms with Crippen LogP contribution in [-0.4, -0.2) is 31.0 Å². The summed E-state index contributed by atoms with van der Waals surface area (Å²) in [7, 11) is 1.54. The van der Waals surface area contributed by atoms with E-state index >= 15 is 0 Å². The van der Waals surface area contributed by atoms with Gasteiger partial charge < -0.3 is 15.4 Å². The highest BCUT2D eigenvalue weighted by Gasteiger charge is 2.19. The normalized spacial score (nSPS) is 11.5. The summed E-state index contributed by atoms with van der Waals surface area (Å²) in [4.78, 5) is 14.0. The van der Waals surface area contributed by atoms with Gasteiger partial charge in [0.25, 0.3) is 5.91 Å². The predicted molar refractivity (Wildman–Crippen MR) is 73.8 cm³/mol. The average Bonchev–Trinajstić information content (AvgIpc) is 2.44. The van der Waals surface area contributed by atoms with Crippen LogP contribution in [0, 0.1) is 17.2 Å². The summed E-state index contributed by atoms with van der Waals surface area (Å²) in [5, 5.41) is 8.84. The lowest BCUT2D eigenvalue weighted by Gasteiger charge is -2.22. The standard InChI is InChI=1S/C14H19N3O2/c1-4-17(9-10(2)8-15)14(18)12-7-11(19-3)5-6-13(12)16/h5-7,10H,4,9,16H2,1-3H3. The van der Waals surface area contributed by atoms with E-state index < -0.39 is 0 Å². The fourth-order valence-electron chi connectivity index (χ4n) is 1.74. The molecule has 1 aromatic carbocycles. The summed E-state index contributed by atoms with van der Waals surface area (Å²) < 4.78 is 5.10. The van der Waals surface area contributed by atoms with Gasteiger partial charge in [0, 0.05) is 18.8 Å². The molecular formula is C14H19N3O2. The Labute approximate surface area is 113 Å². The van der Waals surface area contributed by atoms with Crippen LogP contribution >= 0.6 is 0 Å². The number of nitrogen functional groups attached to an aromatic ring is 1. The van der Waals surface area contributed by atoms with Gasteiger partial charge in [-0.05, 0) is 32.0 Å². The molecule has 19 heavy (non-hydrogen) atoms. The van der Waals surface area contributed by atoms with Crippen LogP contribution in [0.2, 0.25) is 0 Å². The van der Waals surface area contributed by atoms with Gasteiger partial charge in [-0.15, -0.1) is 0 Å². The molecule has 0 fully saturated rings. The molecule has 0 saturated carbocycles. The van der Waals surface area contributed by atoms with Crippen molar-refractivity contribution in [2.24, 2.45) is 5.92 Å². The van der Waals surface area contributed by atoms with Crippen LogP contribution in [0.3, 0.4) is 0 Å². The highest BCUT2D eigenvalue weighted by Crippen LogP contribution is 2.21. The van der Waals surface area contributed by atoms with Crippen LogP contribution in [-0.2, 0) is 0 Å². The van der Waals surface area contributed by atoms with Gasteiger partial charge in [0.1, 0.15) is 5.75 Å². The maximum atomic E-state index is 12.4. The van der Waals surface area contributed by atoms with E-state index in [1.54, 1.807) is 30.0 Å². The van der Waals surface area contributed by atoms with Gasteiger partial charge in [-0.1, -0.05) is 0 Å².